The van der Waals surface area contributed by atoms with E-state index in [-0.39, 0.29) is 23.7 Å². The third-order valence-electron chi connectivity index (χ3n) is 5.03. The molecule has 3 aliphatic rings. The van der Waals surface area contributed by atoms with Crippen molar-refractivity contribution in [3.8, 4) is 0 Å². The van der Waals surface area contributed by atoms with Crippen LogP contribution < -0.4 is 10.6 Å². The van der Waals surface area contributed by atoms with Crippen LogP contribution in [0.5, 0.6) is 0 Å². The number of anilines is 1. The van der Waals surface area contributed by atoms with Crippen LogP contribution in [0.25, 0.3) is 0 Å². The summed E-state index contributed by atoms with van der Waals surface area (Å²) in [6, 6.07) is 2.41. The molecule has 3 aliphatic heterocycles. The Morgan fingerprint density at radius 3 is 2.88 bits per heavy atom. The van der Waals surface area contributed by atoms with Crippen LogP contribution in [0.15, 0.2) is 18.2 Å². The van der Waals surface area contributed by atoms with Crippen LogP contribution in [0.1, 0.15) is 12.0 Å². The Morgan fingerprint density at radius 1 is 1.40 bits per heavy atom. The number of imide groups is 1. The number of urea groups is 2. The Bertz CT molecular complexity index is 825. The lowest BCUT2D eigenvalue weighted by molar-refractivity contribution is -0.385. The molecule has 0 aromatic heterocycles. The molecule has 0 radical (unpaired) electrons. The van der Waals surface area contributed by atoms with Gasteiger partial charge in [-0.3, -0.25) is 20.2 Å². The summed E-state index contributed by atoms with van der Waals surface area (Å²) in [5, 5.41) is 15.9. The zero-order valence-corrected chi connectivity index (χ0v) is 13.3. The Hall–Kier alpha value is -3.17. The molecule has 0 aliphatic carbocycles. The van der Waals surface area contributed by atoms with E-state index >= 15 is 0 Å². The van der Waals surface area contributed by atoms with E-state index in [1.165, 1.54) is 15.9 Å². The minimum absolute atomic E-state index is 0.0762. The first-order valence-corrected chi connectivity index (χ1v) is 7.82. The largest absolute Gasteiger partial charge is 0.325 e. The van der Waals surface area contributed by atoms with Gasteiger partial charge in [-0.25, -0.2) is 9.59 Å². The fourth-order valence-corrected chi connectivity index (χ4v) is 3.91. The number of nitrogens with one attached hydrogen (secondary N) is 2. The fourth-order valence-electron chi connectivity index (χ4n) is 3.91. The molecule has 2 N–H and O–H groups in total. The van der Waals surface area contributed by atoms with Gasteiger partial charge in [0.2, 0.25) is 0 Å². The van der Waals surface area contributed by atoms with Crippen molar-refractivity contribution < 1.29 is 19.3 Å². The fraction of sp³-hybridized carbons (Fsp3) is 0.400. The van der Waals surface area contributed by atoms with Gasteiger partial charge in [-0.05, 0) is 19.4 Å². The summed E-state index contributed by atoms with van der Waals surface area (Å²) in [6.45, 7) is 1.95. The van der Waals surface area contributed by atoms with Gasteiger partial charge in [-0.1, -0.05) is 6.07 Å². The van der Waals surface area contributed by atoms with Crippen molar-refractivity contribution in [2.24, 2.45) is 0 Å². The number of benzene rings is 1. The molecule has 1 aromatic rings. The number of aryl methyl sites for hydroxylation is 1. The molecule has 10 heteroatoms. The Kier molecular flexibility index (Phi) is 3.17. The first kappa shape index (κ1) is 15.4. The lowest BCUT2D eigenvalue weighted by Gasteiger charge is -2.34. The molecular weight excluding hydrogens is 330 g/mol. The third-order valence-corrected chi connectivity index (χ3v) is 5.03. The van der Waals surface area contributed by atoms with Crippen LogP contribution in [0.2, 0.25) is 0 Å². The normalized spacial score (nSPS) is 26.7. The maximum Gasteiger partial charge on any atom is 0.325 e. The number of rotatable bonds is 2. The van der Waals surface area contributed by atoms with Gasteiger partial charge >= 0.3 is 12.1 Å². The number of nitro benzene ring substituents is 1. The summed E-state index contributed by atoms with van der Waals surface area (Å²) in [5.74, 6) is -0.388. The quantitative estimate of drug-likeness (QED) is 0.466. The molecule has 130 valence electrons. The van der Waals surface area contributed by atoms with Crippen molar-refractivity contribution in [3.05, 3.63) is 33.9 Å². The lowest BCUT2D eigenvalue weighted by atomic mass is 10.1. The summed E-state index contributed by atoms with van der Waals surface area (Å²) < 4.78 is 0. The average molecular weight is 345 g/mol. The number of hydrogen-bond donors (Lipinski definition) is 2. The summed E-state index contributed by atoms with van der Waals surface area (Å²) >= 11 is 0. The van der Waals surface area contributed by atoms with E-state index in [4.69, 9.17) is 0 Å². The third kappa shape index (κ3) is 2.21. The number of amides is 5. The number of piperazine rings is 1. The van der Waals surface area contributed by atoms with E-state index in [1.807, 2.05) is 0 Å². The molecule has 4 rings (SSSR count). The van der Waals surface area contributed by atoms with Crippen molar-refractivity contribution in [2.45, 2.75) is 31.5 Å². The molecule has 2 bridgehead atoms. The molecule has 5 amide bonds. The van der Waals surface area contributed by atoms with Crippen molar-refractivity contribution in [3.63, 3.8) is 0 Å². The number of nitrogens with zero attached hydrogens (tertiary/aromatic N) is 3. The zero-order valence-electron chi connectivity index (χ0n) is 13.3. The van der Waals surface area contributed by atoms with E-state index in [9.17, 15) is 24.5 Å². The second kappa shape index (κ2) is 5.16. The zero-order chi connectivity index (χ0) is 17.9. The predicted octanol–water partition coefficient (Wildman–Crippen LogP) is 0.812. The minimum atomic E-state index is -0.649. The highest BCUT2D eigenvalue weighted by Crippen LogP contribution is 2.38. The van der Waals surface area contributed by atoms with Gasteiger partial charge in [-0.2, -0.15) is 0 Å². The van der Waals surface area contributed by atoms with Crippen LogP contribution >= 0.6 is 0 Å². The Labute approximate surface area is 141 Å². The molecule has 0 spiro atoms. The molecule has 3 fully saturated rings. The molecule has 3 saturated heterocycles. The van der Waals surface area contributed by atoms with E-state index in [0.29, 0.717) is 24.2 Å². The number of fused-ring (bicyclic) bond motifs is 5. The Morgan fingerprint density at radius 2 is 2.16 bits per heavy atom. The summed E-state index contributed by atoms with van der Waals surface area (Å²) in [4.78, 5) is 49.8. The topological polar surface area (TPSA) is 125 Å². The molecule has 3 unspecified atom stereocenters. The maximum atomic E-state index is 12.6. The average Bonchev–Trinajstić information content (AvgIpc) is 3.21. The maximum absolute atomic E-state index is 12.6. The number of hydrogen-bond acceptors (Lipinski definition) is 5. The summed E-state index contributed by atoms with van der Waals surface area (Å²) in [6.07, 6.45) is 0.561. The van der Waals surface area contributed by atoms with Crippen molar-refractivity contribution >= 4 is 29.3 Å². The molecule has 3 atom stereocenters. The number of carbonyl (C=O) groups excluding carboxylic acids is 3. The highest BCUT2D eigenvalue weighted by molar-refractivity contribution is 6.06. The monoisotopic (exact) mass is 345 g/mol. The van der Waals surface area contributed by atoms with Gasteiger partial charge in [0.25, 0.3) is 11.6 Å². The smallest absolute Gasteiger partial charge is 0.317 e. The lowest BCUT2D eigenvalue weighted by Crippen LogP contribution is -2.55. The number of carbonyl (C=O) groups is 3. The Balaban J connectivity index is 1.52. The highest BCUT2D eigenvalue weighted by atomic mass is 16.6. The van der Waals surface area contributed by atoms with Crippen LogP contribution in [-0.2, 0) is 4.79 Å². The van der Waals surface area contributed by atoms with Gasteiger partial charge in [0.15, 0.2) is 0 Å². The van der Waals surface area contributed by atoms with E-state index in [1.54, 1.807) is 19.1 Å². The van der Waals surface area contributed by atoms with Gasteiger partial charge in [0, 0.05) is 23.9 Å². The second-order valence-electron chi connectivity index (χ2n) is 6.44. The van der Waals surface area contributed by atoms with Gasteiger partial charge in [-0.15, -0.1) is 0 Å². The molecule has 1 aromatic carbocycles. The number of nitro groups is 1. The van der Waals surface area contributed by atoms with Gasteiger partial charge in [0.05, 0.1) is 17.0 Å². The van der Waals surface area contributed by atoms with Crippen molar-refractivity contribution in [2.75, 3.05) is 11.9 Å². The van der Waals surface area contributed by atoms with Crippen LogP contribution in [0.4, 0.5) is 21.0 Å². The standard InChI is InChI=1S/C15H15N5O5/c1-7-2-3-8(4-10(7)20(24)25)16-14(22)18-6-9-5-11(18)12-13(21)17-15(23)19(9)12/h2-4,9,11-12H,5-6H2,1H3,(H,16,22)(H,17,21,23). The molecule has 10 nitrogen and oxygen atoms in total. The minimum Gasteiger partial charge on any atom is -0.317 e. The van der Waals surface area contributed by atoms with Crippen molar-refractivity contribution in [1.82, 2.24) is 15.1 Å². The highest BCUT2D eigenvalue weighted by Gasteiger charge is 2.60. The predicted molar refractivity (Wildman–Crippen MR) is 84.9 cm³/mol. The second-order valence-corrected chi connectivity index (χ2v) is 6.44. The van der Waals surface area contributed by atoms with E-state index in [0.717, 1.165) is 0 Å². The van der Waals surface area contributed by atoms with Crippen LogP contribution in [0, 0.1) is 17.0 Å². The molecular formula is C15H15N5O5. The molecule has 3 heterocycles. The summed E-state index contributed by atoms with van der Waals surface area (Å²) in [7, 11) is 0. The van der Waals surface area contributed by atoms with Gasteiger partial charge < -0.3 is 15.1 Å². The van der Waals surface area contributed by atoms with Crippen molar-refractivity contribution in [1.29, 1.82) is 0 Å². The van der Waals surface area contributed by atoms with Crippen LogP contribution in [-0.4, -0.2) is 57.4 Å². The SMILES string of the molecule is Cc1ccc(NC(=O)N2CC3CC2C2C(=O)NC(=O)N32)cc1[N+](=O)[O-]. The van der Waals surface area contributed by atoms with Gasteiger partial charge in [0.1, 0.15) is 6.04 Å². The molecule has 0 saturated carbocycles. The van der Waals surface area contributed by atoms with E-state index < -0.39 is 23.0 Å². The van der Waals surface area contributed by atoms with Crippen LogP contribution in [0.3, 0.4) is 0 Å². The molecule has 25 heavy (non-hydrogen) atoms. The van der Waals surface area contributed by atoms with E-state index in [2.05, 4.69) is 10.6 Å². The number of likely N-dealkylation sites (tertiary alicyclic amines) is 1. The summed E-state index contributed by atoms with van der Waals surface area (Å²) in [5.41, 5.74) is 0.738. The first-order chi connectivity index (χ1) is 11.9. The first-order valence-electron chi connectivity index (χ1n) is 7.82.